The Kier molecular flexibility index (Phi) is 5.40. The minimum Gasteiger partial charge on any atom is -0.395 e. The van der Waals surface area contributed by atoms with Crippen LogP contribution in [0.25, 0.3) is 0 Å². The lowest BCUT2D eigenvalue weighted by Gasteiger charge is -2.18. The van der Waals surface area contributed by atoms with Crippen molar-refractivity contribution in [3.05, 3.63) is 51.7 Å². The van der Waals surface area contributed by atoms with E-state index in [9.17, 15) is 0 Å². The largest absolute Gasteiger partial charge is 0.395 e. The van der Waals surface area contributed by atoms with E-state index in [1.54, 1.807) is 17.4 Å². The zero-order chi connectivity index (χ0) is 15.1. The van der Waals surface area contributed by atoms with Crippen LogP contribution in [0.2, 0.25) is 0 Å². The van der Waals surface area contributed by atoms with Gasteiger partial charge in [-0.1, -0.05) is 17.9 Å². The molecule has 0 saturated carbocycles. The molecule has 0 aliphatic carbocycles. The van der Waals surface area contributed by atoms with Gasteiger partial charge >= 0.3 is 0 Å². The van der Waals surface area contributed by atoms with E-state index in [1.165, 1.54) is 4.88 Å². The van der Waals surface area contributed by atoms with Gasteiger partial charge in [-0.25, -0.2) is 0 Å². The van der Waals surface area contributed by atoms with Gasteiger partial charge in [-0.2, -0.15) is 5.26 Å². The zero-order valence-electron chi connectivity index (χ0n) is 11.8. The number of hydrogen-bond donors (Lipinski definition) is 1. The Balaban J connectivity index is 2.04. The van der Waals surface area contributed by atoms with E-state index in [0.29, 0.717) is 12.0 Å². The van der Waals surface area contributed by atoms with Crippen molar-refractivity contribution in [3.63, 3.8) is 0 Å². The molecule has 0 atom stereocenters. The number of nitrogens with zero attached hydrogens (tertiary/aromatic N) is 2. The fraction of sp³-hybridized carbons (Fsp3) is 0.235. The van der Waals surface area contributed by atoms with E-state index >= 15 is 0 Å². The standard InChI is InChI=1S/C17H16N2OS/c1-19(16-7-4-6-14(9-16)11-18)12-17-10-15(13-21-17)5-2-3-8-20/h4,6-7,9-10,13,20H,3,8,12H2,1H3. The van der Waals surface area contributed by atoms with Crippen LogP contribution >= 0.6 is 11.3 Å². The molecule has 1 aromatic carbocycles. The average Bonchev–Trinajstić information content (AvgIpc) is 2.95. The third-order valence-corrected chi connectivity index (χ3v) is 3.85. The van der Waals surface area contributed by atoms with Crippen molar-refractivity contribution in [1.29, 1.82) is 5.26 Å². The maximum Gasteiger partial charge on any atom is 0.0992 e. The van der Waals surface area contributed by atoms with Gasteiger partial charge in [0.2, 0.25) is 0 Å². The second-order valence-corrected chi connectivity index (χ2v) is 5.59. The van der Waals surface area contributed by atoms with Crippen LogP contribution in [-0.4, -0.2) is 18.8 Å². The van der Waals surface area contributed by atoms with E-state index in [4.69, 9.17) is 10.4 Å². The van der Waals surface area contributed by atoms with Crippen LogP contribution in [0.3, 0.4) is 0 Å². The van der Waals surface area contributed by atoms with Crippen molar-refractivity contribution in [1.82, 2.24) is 0 Å². The summed E-state index contributed by atoms with van der Waals surface area (Å²) in [6, 6.07) is 11.8. The highest BCUT2D eigenvalue weighted by molar-refractivity contribution is 7.10. The third-order valence-electron chi connectivity index (χ3n) is 2.93. The molecule has 0 aliphatic heterocycles. The van der Waals surface area contributed by atoms with E-state index in [-0.39, 0.29) is 6.61 Å². The van der Waals surface area contributed by atoms with Gasteiger partial charge in [-0.05, 0) is 24.3 Å². The Morgan fingerprint density at radius 1 is 1.29 bits per heavy atom. The quantitative estimate of drug-likeness (QED) is 0.882. The smallest absolute Gasteiger partial charge is 0.0992 e. The fourth-order valence-corrected chi connectivity index (χ4v) is 2.76. The molecule has 2 aromatic rings. The molecular weight excluding hydrogens is 280 g/mol. The van der Waals surface area contributed by atoms with E-state index in [0.717, 1.165) is 17.8 Å². The number of benzene rings is 1. The maximum atomic E-state index is 8.94. The SMILES string of the molecule is CN(Cc1cc(C#CCCO)cs1)c1cccc(C#N)c1. The molecule has 0 spiro atoms. The summed E-state index contributed by atoms with van der Waals surface area (Å²) in [6.45, 7) is 0.878. The van der Waals surface area contributed by atoms with Crippen LogP contribution in [0.4, 0.5) is 5.69 Å². The second kappa shape index (κ2) is 7.50. The van der Waals surface area contributed by atoms with Crippen LogP contribution in [0, 0.1) is 23.2 Å². The Morgan fingerprint density at radius 3 is 2.90 bits per heavy atom. The number of nitriles is 1. The summed E-state index contributed by atoms with van der Waals surface area (Å²) in [5.41, 5.74) is 2.68. The average molecular weight is 296 g/mol. The van der Waals surface area contributed by atoms with Crippen LogP contribution in [0.5, 0.6) is 0 Å². The topological polar surface area (TPSA) is 47.3 Å². The molecule has 0 bridgehead atoms. The van der Waals surface area contributed by atoms with Gasteiger partial charge in [0.15, 0.2) is 0 Å². The minimum atomic E-state index is 0.0992. The second-order valence-electron chi connectivity index (χ2n) is 4.60. The van der Waals surface area contributed by atoms with E-state index in [1.807, 2.05) is 30.6 Å². The van der Waals surface area contributed by atoms with Crippen LogP contribution < -0.4 is 4.90 Å². The molecule has 2 rings (SSSR count). The molecule has 4 heteroatoms. The van der Waals surface area contributed by atoms with Gasteiger partial charge in [0, 0.05) is 35.0 Å². The van der Waals surface area contributed by atoms with E-state index in [2.05, 4.69) is 28.9 Å². The lowest BCUT2D eigenvalue weighted by atomic mass is 10.2. The third kappa shape index (κ3) is 4.36. The number of aliphatic hydroxyl groups is 1. The van der Waals surface area contributed by atoms with E-state index < -0.39 is 0 Å². The Morgan fingerprint density at radius 2 is 2.14 bits per heavy atom. The number of aliphatic hydroxyl groups excluding tert-OH is 1. The summed E-state index contributed by atoms with van der Waals surface area (Å²) in [5.74, 6) is 5.96. The first-order valence-electron chi connectivity index (χ1n) is 6.61. The highest BCUT2D eigenvalue weighted by Crippen LogP contribution is 2.20. The normalized spacial score (nSPS) is 9.57. The summed E-state index contributed by atoms with van der Waals surface area (Å²) < 4.78 is 0. The molecule has 3 nitrogen and oxygen atoms in total. The van der Waals surface area contributed by atoms with Gasteiger partial charge in [0.05, 0.1) is 24.8 Å². The van der Waals surface area contributed by atoms with Crippen molar-refractivity contribution in [2.75, 3.05) is 18.6 Å². The van der Waals surface area contributed by atoms with Crippen LogP contribution in [-0.2, 0) is 6.54 Å². The molecule has 1 N–H and O–H groups in total. The summed E-state index contributed by atoms with van der Waals surface area (Å²) in [7, 11) is 2.01. The molecule has 0 fully saturated rings. The Hall–Kier alpha value is -2.27. The van der Waals surface area contributed by atoms with Crippen molar-refractivity contribution >= 4 is 17.0 Å². The molecule has 1 heterocycles. The highest BCUT2D eigenvalue weighted by atomic mass is 32.1. The van der Waals surface area contributed by atoms with Gasteiger partial charge < -0.3 is 10.0 Å². The number of anilines is 1. The van der Waals surface area contributed by atoms with Gasteiger partial charge in [-0.3, -0.25) is 0 Å². The first kappa shape index (κ1) is 15.1. The zero-order valence-corrected chi connectivity index (χ0v) is 12.7. The minimum absolute atomic E-state index is 0.0992. The molecule has 0 amide bonds. The molecule has 0 saturated heterocycles. The molecule has 0 radical (unpaired) electrons. The first-order chi connectivity index (χ1) is 10.2. The molecule has 1 aromatic heterocycles. The number of hydrogen-bond acceptors (Lipinski definition) is 4. The molecule has 0 aliphatic rings. The Bertz CT molecular complexity index is 703. The van der Waals surface area contributed by atoms with Gasteiger partial charge in [0.25, 0.3) is 0 Å². The molecular formula is C17H16N2OS. The van der Waals surface area contributed by atoms with Crippen LogP contribution in [0.1, 0.15) is 22.4 Å². The predicted octanol–water partition coefficient (Wildman–Crippen LogP) is 2.99. The Labute approximate surface area is 129 Å². The predicted molar refractivity (Wildman–Crippen MR) is 86.2 cm³/mol. The molecule has 0 unspecified atom stereocenters. The molecule has 106 valence electrons. The summed E-state index contributed by atoms with van der Waals surface area (Å²) in [6.07, 6.45) is 0.506. The van der Waals surface area contributed by atoms with Gasteiger partial charge in [-0.15, -0.1) is 11.3 Å². The summed E-state index contributed by atoms with van der Waals surface area (Å²) in [5, 5.41) is 19.7. The first-order valence-corrected chi connectivity index (χ1v) is 7.49. The number of thiophene rings is 1. The lowest BCUT2D eigenvalue weighted by molar-refractivity contribution is 0.305. The fourth-order valence-electron chi connectivity index (χ4n) is 1.89. The van der Waals surface area contributed by atoms with Crippen LogP contribution in [0.15, 0.2) is 35.7 Å². The summed E-state index contributed by atoms with van der Waals surface area (Å²) in [4.78, 5) is 3.32. The summed E-state index contributed by atoms with van der Waals surface area (Å²) >= 11 is 1.67. The molecule has 21 heavy (non-hydrogen) atoms. The van der Waals surface area contributed by atoms with Crippen molar-refractivity contribution < 1.29 is 5.11 Å². The monoisotopic (exact) mass is 296 g/mol. The van der Waals surface area contributed by atoms with Crippen molar-refractivity contribution in [2.24, 2.45) is 0 Å². The maximum absolute atomic E-state index is 8.94. The van der Waals surface area contributed by atoms with Crippen molar-refractivity contribution in [3.8, 4) is 17.9 Å². The number of rotatable bonds is 4. The lowest BCUT2D eigenvalue weighted by Crippen LogP contribution is -2.15. The van der Waals surface area contributed by atoms with Crippen molar-refractivity contribution in [2.45, 2.75) is 13.0 Å². The highest BCUT2D eigenvalue weighted by Gasteiger charge is 2.05. The van der Waals surface area contributed by atoms with Gasteiger partial charge in [0.1, 0.15) is 0 Å².